The van der Waals surface area contributed by atoms with Gasteiger partial charge in [0.05, 0.1) is 11.7 Å². The molecule has 0 saturated heterocycles. The van der Waals surface area contributed by atoms with Gasteiger partial charge in [-0.05, 0) is 42.3 Å². The molecule has 31 heavy (non-hydrogen) atoms. The lowest BCUT2D eigenvalue weighted by molar-refractivity contribution is -0.111. The molecule has 4 aromatic heterocycles. The van der Waals surface area contributed by atoms with Crippen molar-refractivity contribution in [1.82, 2.24) is 34.9 Å². The lowest BCUT2D eigenvalue weighted by Gasteiger charge is -2.09. The summed E-state index contributed by atoms with van der Waals surface area (Å²) in [6.07, 6.45) is 9.76. The number of aromatic nitrogens is 7. The molecule has 0 saturated carbocycles. The molecule has 1 aromatic carbocycles. The molecule has 10 heteroatoms. The molecule has 2 N–H and O–H groups in total. The molecular weight excluding hydrogens is 394 g/mol. The van der Waals surface area contributed by atoms with Gasteiger partial charge in [-0.2, -0.15) is 0 Å². The highest BCUT2D eigenvalue weighted by molar-refractivity contribution is 6.04. The van der Waals surface area contributed by atoms with Crippen LogP contribution in [0.5, 0.6) is 0 Å². The van der Waals surface area contributed by atoms with Crippen molar-refractivity contribution in [2.24, 2.45) is 0 Å². The van der Waals surface area contributed by atoms with Crippen LogP contribution in [-0.4, -0.2) is 40.8 Å². The summed E-state index contributed by atoms with van der Waals surface area (Å²) in [5.74, 6) is 2.88. The van der Waals surface area contributed by atoms with Crippen LogP contribution in [-0.2, 0) is 4.79 Å². The molecule has 0 atom stereocenters. The Bertz CT molecular complexity index is 1470. The van der Waals surface area contributed by atoms with Crippen LogP contribution < -0.4 is 10.6 Å². The Labute approximate surface area is 175 Å². The minimum Gasteiger partial charge on any atom is -0.340 e. The van der Waals surface area contributed by atoms with E-state index in [0.29, 0.717) is 33.9 Å². The van der Waals surface area contributed by atoms with Crippen LogP contribution in [0.1, 0.15) is 0 Å². The number of carbonyl (C=O) groups excluding carboxylic acids is 1. The first-order valence-electron chi connectivity index (χ1n) is 9.13. The third kappa shape index (κ3) is 3.58. The van der Waals surface area contributed by atoms with Gasteiger partial charge in [-0.1, -0.05) is 6.07 Å². The van der Waals surface area contributed by atoms with Crippen LogP contribution >= 0.6 is 0 Å². The number of pyridine rings is 2. The van der Waals surface area contributed by atoms with E-state index >= 15 is 0 Å². The fourth-order valence-corrected chi connectivity index (χ4v) is 2.98. The summed E-state index contributed by atoms with van der Waals surface area (Å²) in [6, 6.07) is 12.8. The number of terminal acetylenes is 1. The molecule has 0 aliphatic carbocycles. The van der Waals surface area contributed by atoms with E-state index in [-0.39, 0.29) is 0 Å². The Morgan fingerprint density at radius 1 is 0.968 bits per heavy atom. The predicted molar refractivity (Wildman–Crippen MR) is 115 cm³/mol. The van der Waals surface area contributed by atoms with Crippen molar-refractivity contribution in [1.29, 1.82) is 0 Å². The van der Waals surface area contributed by atoms with Crippen molar-refractivity contribution < 1.29 is 4.79 Å². The van der Waals surface area contributed by atoms with Gasteiger partial charge in [0.15, 0.2) is 5.82 Å². The number of amides is 1. The summed E-state index contributed by atoms with van der Waals surface area (Å²) in [6.45, 7) is 0. The number of carbonyl (C=O) groups is 1. The van der Waals surface area contributed by atoms with Crippen LogP contribution in [0.4, 0.5) is 17.3 Å². The average molecular weight is 407 g/mol. The molecule has 5 aromatic rings. The zero-order valence-electron chi connectivity index (χ0n) is 15.9. The fraction of sp³-hybridized carbons (Fsp3) is 0. The van der Waals surface area contributed by atoms with E-state index in [4.69, 9.17) is 6.42 Å². The summed E-state index contributed by atoms with van der Waals surface area (Å²) < 4.78 is 0. The Morgan fingerprint density at radius 2 is 1.87 bits per heavy atom. The summed E-state index contributed by atoms with van der Waals surface area (Å²) >= 11 is 0. The summed E-state index contributed by atoms with van der Waals surface area (Å²) in [5, 5.41) is 15.4. The van der Waals surface area contributed by atoms with Crippen LogP contribution in [0, 0.1) is 12.3 Å². The van der Waals surface area contributed by atoms with Crippen molar-refractivity contribution in [2.45, 2.75) is 0 Å². The Morgan fingerprint density at radius 3 is 2.71 bits per heavy atom. The van der Waals surface area contributed by atoms with Gasteiger partial charge in [0.25, 0.3) is 0 Å². The van der Waals surface area contributed by atoms with Crippen LogP contribution in [0.2, 0.25) is 0 Å². The quantitative estimate of drug-likeness (QED) is 0.436. The lowest BCUT2D eigenvalue weighted by atomic mass is 10.2. The maximum absolute atomic E-state index is 11.5. The first-order valence-corrected chi connectivity index (χ1v) is 9.13. The molecule has 0 spiro atoms. The molecule has 4 heterocycles. The topological polar surface area (TPSA) is 123 Å². The normalized spacial score (nSPS) is 10.7. The number of anilines is 3. The third-order valence-electron chi connectivity index (χ3n) is 4.39. The van der Waals surface area contributed by atoms with E-state index in [2.05, 4.69) is 40.8 Å². The monoisotopic (exact) mass is 407 g/mol. The van der Waals surface area contributed by atoms with Gasteiger partial charge >= 0.3 is 5.91 Å². The smallest absolute Gasteiger partial charge is 0.301 e. The molecule has 0 aliphatic rings. The summed E-state index contributed by atoms with van der Waals surface area (Å²) in [5.41, 5.74) is 2.79. The summed E-state index contributed by atoms with van der Waals surface area (Å²) in [4.78, 5) is 29.9. The zero-order chi connectivity index (χ0) is 21.2. The van der Waals surface area contributed by atoms with Gasteiger partial charge in [0.2, 0.25) is 0 Å². The number of hydrogen-bond donors (Lipinski definition) is 2. The molecule has 10 nitrogen and oxygen atoms in total. The number of benzene rings is 1. The fourth-order valence-electron chi connectivity index (χ4n) is 2.98. The van der Waals surface area contributed by atoms with E-state index in [0.717, 1.165) is 11.2 Å². The number of hydrogen-bond acceptors (Lipinski definition) is 8. The highest BCUT2D eigenvalue weighted by Gasteiger charge is 2.10. The van der Waals surface area contributed by atoms with E-state index in [1.807, 2.05) is 42.3 Å². The standard InChI is InChI=1S/C21H13N9O/c1-2-20(31)27-18-10-14-17(11-23-18)24-12-25-21(14)26-13-6-7-15-16(9-13)29-30(28-15)19-5-3-4-8-22-19/h1,3-12H,(H,23,27,31)(H,24,25,26). The van der Waals surface area contributed by atoms with Crippen molar-refractivity contribution in [3.05, 3.63) is 61.2 Å². The number of nitrogens with one attached hydrogen (secondary N) is 2. The Hall–Kier alpha value is -4.91. The largest absolute Gasteiger partial charge is 0.340 e. The molecule has 5 rings (SSSR count). The minimum absolute atomic E-state index is 0.307. The lowest BCUT2D eigenvalue weighted by Crippen LogP contribution is -2.09. The van der Waals surface area contributed by atoms with Crippen molar-refractivity contribution in [2.75, 3.05) is 10.6 Å². The first-order chi connectivity index (χ1) is 15.2. The Kier molecular flexibility index (Phi) is 4.38. The molecule has 0 aliphatic heterocycles. The molecular formula is C21H13N9O. The number of rotatable bonds is 4. The van der Waals surface area contributed by atoms with Gasteiger partial charge in [-0.25, -0.2) is 19.9 Å². The van der Waals surface area contributed by atoms with Crippen molar-refractivity contribution in [3.8, 4) is 18.2 Å². The molecule has 1 amide bonds. The van der Waals surface area contributed by atoms with Crippen molar-refractivity contribution in [3.63, 3.8) is 0 Å². The third-order valence-corrected chi connectivity index (χ3v) is 4.39. The van der Waals surface area contributed by atoms with Gasteiger partial charge in [-0.15, -0.1) is 21.4 Å². The van der Waals surface area contributed by atoms with E-state index in [9.17, 15) is 4.79 Å². The molecule has 0 fully saturated rings. The highest BCUT2D eigenvalue weighted by atomic mass is 16.1. The molecule has 0 unspecified atom stereocenters. The van der Waals surface area contributed by atoms with E-state index in [1.54, 1.807) is 12.3 Å². The van der Waals surface area contributed by atoms with Crippen molar-refractivity contribution >= 4 is 45.2 Å². The second-order valence-electron chi connectivity index (χ2n) is 6.41. The van der Waals surface area contributed by atoms with E-state index < -0.39 is 5.91 Å². The molecule has 0 bridgehead atoms. The zero-order valence-corrected chi connectivity index (χ0v) is 15.9. The second-order valence-corrected chi connectivity index (χ2v) is 6.41. The number of nitrogens with zero attached hydrogens (tertiary/aromatic N) is 7. The Balaban J connectivity index is 1.49. The van der Waals surface area contributed by atoms with Crippen LogP contribution in [0.3, 0.4) is 0 Å². The maximum atomic E-state index is 11.5. The van der Waals surface area contributed by atoms with Gasteiger partial charge in [0, 0.05) is 17.3 Å². The molecule has 148 valence electrons. The van der Waals surface area contributed by atoms with E-state index in [1.165, 1.54) is 17.3 Å². The van der Waals surface area contributed by atoms with Crippen LogP contribution in [0.15, 0.2) is 61.2 Å². The van der Waals surface area contributed by atoms with Gasteiger partial charge in [-0.3, -0.25) is 10.1 Å². The maximum Gasteiger partial charge on any atom is 0.301 e. The van der Waals surface area contributed by atoms with Gasteiger partial charge in [0.1, 0.15) is 29.0 Å². The first kappa shape index (κ1) is 18.1. The average Bonchev–Trinajstić information content (AvgIpc) is 3.23. The summed E-state index contributed by atoms with van der Waals surface area (Å²) in [7, 11) is 0. The van der Waals surface area contributed by atoms with Crippen LogP contribution in [0.25, 0.3) is 27.8 Å². The second kappa shape index (κ2) is 7.49. The number of fused-ring (bicyclic) bond motifs is 2. The SMILES string of the molecule is C#CC(=O)Nc1cc2c(Nc3ccc4nn(-c5ccccn5)nc4c3)ncnc2cn1. The predicted octanol–water partition coefficient (Wildman–Crippen LogP) is 2.47. The minimum atomic E-state index is -0.584. The highest BCUT2D eigenvalue weighted by Crippen LogP contribution is 2.26. The molecule has 0 radical (unpaired) electrons. The van der Waals surface area contributed by atoms with Gasteiger partial charge < -0.3 is 5.32 Å².